The monoisotopic (exact) mass is 149 g/mol. The second kappa shape index (κ2) is 2.46. The quantitative estimate of drug-likeness (QED) is 0.630. The molecule has 2 heteroatoms. The molecule has 0 amide bonds. The van der Waals surface area contributed by atoms with Crippen LogP contribution in [0.5, 0.6) is 5.75 Å². The van der Waals surface area contributed by atoms with Gasteiger partial charge in [0, 0.05) is 11.7 Å². The van der Waals surface area contributed by atoms with E-state index in [0.29, 0.717) is 11.8 Å². The first-order valence-electron chi connectivity index (χ1n) is 3.90. The lowest BCUT2D eigenvalue weighted by Crippen LogP contribution is -1.99. The minimum absolute atomic E-state index is 0.325. The Morgan fingerprint density at radius 2 is 1.82 bits per heavy atom. The van der Waals surface area contributed by atoms with Gasteiger partial charge in [-0.1, -0.05) is 0 Å². The van der Waals surface area contributed by atoms with Crippen molar-refractivity contribution < 1.29 is 5.11 Å². The zero-order valence-electron chi connectivity index (χ0n) is 6.25. The highest BCUT2D eigenvalue weighted by Gasteiger charge is 2.20. The van der Waals surface area contributed by atoms with Crippen molar-refractivity contribution in [3.63, 3.8) is 0 Å². The van der Waals surface area contributed by atoms with Gasteiger partial charge in [0.2, 0.25) is 0 Å². The van der Waals surface area contributed by atoms with Crippen molar-refractivity contribution >= 4 is 5.69 Å². The number of nitrogens with one attached hydrogen (secondary N) is 1. The van der Waals surface area contributed by atoms with Crippen molar-refractivity contribution in [1.82, 2.24) is 0 Å². The molecular weight excluding hydrogens is 138 g/mol. The minimum atomic E-state index is 0.325. The molecule has 2 N–H and O–H groups in total. The Balaban J connectivity index is 2.06. The van der Waals surface area contributed by atoms with E-state index in [4.69, 9.17) is 5.11 Å². The van der Waals surface area contributed by atoms with Gasteiger partial charge in [-0.25, -0.2) is 0 Å². The first-order valence-corrected chi connectivity index (χ1v) is 3.90. The number of aromatic hydroxyl groups is 1. The Hall–Kier alpha value is -1.18. The summed E-state index contributed by atoms with van der Waals surface area (Å²) < 4.78 is 0. The molecule has 1 aromatic rings. The highest BCUT2D eigenvalue weighted by Crippen LogP contribution is 2.25. The van der Waals surface area contributed by atoms with Gasteiger partial charge in [-0.15, -0.1) is 0 Å². The second-order valence-corrected chi connectivity index (χ2v) is 2.97. The lowest BCUT2D eigenvalue weighted by Gasteiger charge is -2.02. The first kappa shape index (κ1) is 6.53. The van der Waals surface area contributed by atoms with E-state index in [2.05, 4.69) is 5.32 Å². The average molecular weight is 149 g/mol. The Morgan fingerprint density at radius 3 is 2.36 bits per heavy atom. The summed E-state index contributed by atoms with van der Waals surface area (Å²) in [6.07, 6.45) is 2.56. The van der Waals surface area contributed by atoms with Crippen LogP contribution >= 0.6 is 0 Å². The van der Waals surface area contributed by atoms with Crippen LogP contribution in [0.1, 0.15) is 12.8 Å². The highest BCUT2D eigenvalue weighted by atomic mass is 16.3. The number of phenolic OH excluding ortho intramolecular Hbond substituents is 1. The Bertz CT molecular complexity index is 238. The predicted molar refractivity (Wildman–Crippen MR) is 44.8 cm³/mol. The number of hydrogen-bond donors (Lipinski definition) is 2. The van der Waals surface area contributed by atoms with E-state index in [-0.39, 0.29) is 0 Å². The fraction of sp³-hybridized carbons (Fsp3) is 0.333. The molecule has 0 spiro atoms. The summed E-state index contributed by atoms with van der Waals surface area (Å²) in [6, 6.07) is 7.87. The summed E-state index contributed by atoms with van der Waals surface area (Å²) >= 11 is 0. The number of anilines is 1. The summed E-state index contributed by atoms with van der Waals surface area (Å²) in [5.41, 5.74) is 1.10. The maximum absolute atomic E-state index is 8.98. The van der Waals surface area contributed by atoms with Crippen LogP contribution in [0.3, 0.4) is 0 Å². The Labute approximate surface area is 65.9 Å². The van der Waals surface area contributed by atoms with E-state index in [1.807, 2.05) is 12.1 Å². The van der Waals surface area contributed by atoms with Crippen molar-refractivity contribution in [3.8, 4) is 5.75 Å². The molecule has 1 aromatic carbocycles. The van der Waals surface area contributed by atoms with Crippen molar-refractivity contribution in [2.75, 3.05) is 5.32 Å². The van der Waals surface area contributed by atoms with Crippen LogP contribution < -0.4 is 5.32 Å². The van der Waals surface area contributed by atoms with Crippen LogP contribution in [0.2, 0.25) is 0 Å². The molecule has 1 fully saturated rings. The van der Waals surface area contributed by atoms with E-state index in [9.17, 15) is 0 Å². The third-order valence-electron chi connectivity index (χ3n) is 1.82. The van der Waals surface area contributed by atoms with Crippen molar-refractivity contribution in [1.29, 1.82) is 0 Å². The second-order valence-electron chi connectivity index (χ2n) is 2.97. The van der Waals surface area contributed by atoms with Gasteiger partial charge in [0.05, 0.1) is 0 Å². The summed E-state index contributed by atoms with van der Waals surface area (Å²) in [7, 11) is 0. The van der Waals surface area contributed by atoms with E-state index < -0.39 is 0 Å². The van der Waals surface area contributed by atoms with Gasteiger partial charge >= 0.3 is 0 Å². The number of phenols is 1. The molecule has 1 aliphatic carbocycles. The first-order chi connectivity index (χ1) is 5.34. The van der Waals surface area contributed by atoms with Crippen LogP contribution in [0.4, 0.5) is 5.69 Å². The normalized spacial score (nSPS) is 16.4. The fourth-order valence-electron chi connectivity index (χ4n) is 1.02. The third-order valence-corrected chi connectivity index (χ3v) is 1.82. The number of hydrogen-bond acceptors (Lipinski definition) is 2. The molecule has 0 aromatic heterocycles. The van der Waals surface area contributed by atoms with Gasteiger partial charge in [-0.2, -0.15) is 0 Å². The minimum Gasteiger partial charge on any atom is -0.508 e. The molecule has 2 nitrogen and oxygen atoms in total. The zero-order chi connectivity index (χ0) is 7.68. The lowest BCUT2D eigenvalue weighted by molar-refractivity contribution is 0.475. The molecule has 0 atom stereocenters. The molecule has 0 unspecified atom stereocenters. The predicted octanol–water partition coefficient (Wildman–Crippen LogP) is 1.97. The smallest absolute Gasteiger partial charge is 0.115 e. The zero-order valence-corrected chi connectivity index (χ0v) is 6.25. The van der Waals surface area contributed by atoms with Gasteiger partial charge in [-0.05, 0) is 37.1 Å². The SMILES string of the molecule is Oc1ccc(NC2CC2)cc1. The molecule has 1 aliphatic rings. The summed E-state index contributed by atoms with van der Waals surface area (Å²) in [5.74, 6) is 0.325. The van der Waals surface area contributed by atoms with E-state index in [0.717, 1.165) is 5.69 Å². The van der Waals surface area contributed by atoms with Crippen molar-refractivity contribution in [2.24, 2.45) is 0 Å². The van der Waals surface area contributed by atoms with Gasteiger partial charge in [-0.3, -0.25) is 0 Å². The van der Waals surface area contributed by atoms with Crippen LogP contribution in [-0.2, 0) is 0 Å². The van der Waals surface area contributed by atoms with Crippen LogP contribution in [0.25, 0.3) is 0 Å². The Morgan fingerprint density at radius 1 is 1.18 bits per heavy atom. The molecule has 0 bridgehead atoms. The standard InChI is InChI=1S/C9H11NO/c11-9-5-3-8(4-6-9)10-7-1-2-7/h3-7,10-11H,1-2H2. The summed E-state index contributed by atoms with van der Waals surface area (Å²) in [5, 5.41) is 12.3. The van der Waals surface area contributed by atoms with Gasteiger partial charge in [0.25, 0.3) is 0 Å². The van der Waals surface area contributed by atoms with E-state index in [1.54, 1.807) is 12.1 Å². The topological polar surface area (TPSA) is 32.3 Å². The van der Waals surface area contributed by atoms with Gasteiger partial charge in [0.1, 0.15) is 5.75 Å². The number of rotatable bonds is 2. The van der Waals surface area contributed by atoms with Crippen molar-refractivity contribution in [2.45, 2.75) is 18.9 Å². The van der Waals surface area contributed by atoms with E-state index in [1.165, 1.54) is 12.8 Å². The summed E-state index contributed by atoms with van der Waals surface area (Å²) in [4.78, 5) is 0. The Kier molecular flexibility index (Phi) is 1.46. The maximum Gasteiger partial charge on any atom is 0.115 e. The van der Waals surface area contributed by atoms with Crippen LogP contribution in [0, 0.1) is 0 Å². The molecule has 58 valence electrons. The van der Waals surface area contributed by atoms with Crippen LogP contribution in [-0.4, -0.2) is 11.1 Å². The maximum atomic E-state index is 8.98. The van der Waals surface area contributed by atoms with E-state index >= 15 is 0 Å². The van der Waals surface area contributed by atoms with Gasteiger partial charge in [0.15, 0.2) is 0 Å². The lowest BCUT2D eigenvalue weighted by atomic mass is 10.3. The molecule has 0 heterocycles. The molecule has 1 saturated carbocycles. The van der Waals surface area contributed by atoms with Crippen molar-refractivity contribution in [3.05, 3.63) is 24.3 Å². The van der Waals surface area contributed by atoms with Gasteiger partial charge < -0.3 is 10.4 Å². The molecule has 2 rings (SSSR count). The molecule has 0 radical (unpaired) electrons. The molecule has 11 heavy (non-hydrogen) atoms. The highest BCUT2D eigenvalue weighted by molar-refractivity contribution is 5.47. The molecule has 0 saturated heterocycles. The molecular formula is C9H11NO. The van der Waals surface area contributed by atoms with Crippen LogP contribution in [0.15, 0.2) is 24.3 Å². The number of benzene rings is 1. The summed E-state index contributed by atoms with van der Waals surface area (Å²) in [6.45, 7) is 0. The molecule has 0 aliphatic heterocycles. The third kappa shape index (κ3) is 1.64. The largest absolute Gasteiger partial charge is 0.508 e. The fourth-order valence-corrected chi connectivity index (χ4v) is 1.02. The average Bonchev–Trinajstić information content (AvgIpc) is 2.78.